The molecule has 218 valence electrons. The van der Waals surface area contributed by atoms with E-state index < -0.39 is 6.61 Å². The number of pyridine rings is 1. The number of aryl methyl sites for hydroxylation is 1. The molecule has 3 aromatic heterocycles. The van der Waals surface area contributed by atoms with Crippen molar-refractivity contribution in [1.82, 2.24) is 24.5 Å². The lowest BCUT2D eigenvalue weighted by atomic mass is 10.0. The number of carbonyl (C=O) groups excluding carboxylic acids is 2. The van der Waals surface area contributed by atoms with Crippen LogP contribution < -0.4 is 10.5 Å². The van der Waals surface area contributed by atoms with Crippen LogP contribution in [0.3, 0.4) is 0 Å². The summed E-state index contributed by atoms with van der Waals surface area (Å²) in [5, 5.41) is 13.8. The van der Waals surface area contributed by atoms with Gasteiger partial charge >= 0.3 is 0 Å². The summed E-state index contributed by atoms with van der Waals surface area (Å²) in [6.07, 6.45) is 6.86. The Morgan fingerprint density at radius 3 is 2.60 bits per heavy atom. The number of aromatic nitrogens is 4. The number of nitrogen functional groups attached to an aromatic ring is 1. The molecule has 0 aliphatic carbocycles. The quantitative estimate of drug-likeness (QED) is 0.272. The molecule has 1 aromatic carbocycles. The molecule has 11 nitrogen and oxygen atoms in total. The SMILES string of the molecule is COCc1cc(-c2ccc(-c3cnn4c(N)c(C(C)=O)c(CCC5CC(C)=CN5C(=O)CO)nc34)cn2)ccc1OC. The van der Waals surface area contributed by atoms with Gasteiger partial charge in [0.2, 0.25) is 0 Å². The zero-order valence-electron chi connectivity index (χ0n) is 24.1. The third-order valence-electron chi connectivity index (χ3n) is 7.51. The van der Waals surface area contributed by atoms with Crippen LogP contribution in [-0.4, -0.2) is 68.1 Å². The highest BCUT2D eigenvalue weighted by molar-refractivity contribution is 6.00. The Balaban J connectivity index is 1.47. The van der Waals surface area contributed by atoms with Crippen molar-refractivity contribution >= 4 is 23.2 Å². The zero-order valence-corrected chi connectivity index (χ0v) is 24.1. The second kappa shape index (κ2) is 12.1. The van der Waals surface area contributed by atoms with E-state index in [4.69, 9.17) is 25.2 Å². The average molecular weight is 571 g/mol. The van der Waals surface area contributed by atoms with E-state index in [-0.39, 0.29) is 23.6 Å². The summed E-state index contributed by atoms with van der Waals surface area (Å²) in [6.45, 7) is 3.26. The molecule has 1 aliphatic rings. The Bertz CT molecular complexity index is 1680. The third kappa shape index (κ3) is 5.48. The molecule has 4 heterocycles. The fraction of sp³-hybridized carbons (Fsp3) is 0.323. The molecule has 0 saturated heterocycles. The van der Waals surface area contributed by atoms with Crippen LogP contribution in [0.15, 0.2) is 54.5 Å². The van der Waals surface area contributed by atoms with Gasteiger partial charge in [0.1, 0.15) is 18.2 Å². The fourth-order valence-electron chi connectivity index (χ4n) is 5.53. The smallest absolute Gasteiger partial charge is 0.252 e. The largest absolute Gasteiger partial charge is 0.496 e. The number of fused-ring (bicyclic) bond motifs is 1. The number of ketones is 1. The number of hydrogen-bond donors (Lipinski definition) is 2. The number of Topliss-reactive ketones (excluding diaryl/α,β-unsaturated/α-hetero) is 1. The predicted molar refractivity (Wildman–Crippen MR) is 158 cm³/mol. The van der Waals surface area contributed by atoms with Crippen LogP contribution in [0.5, 0.6) is 5.75 Å². The molecule has 0 spiro atoms. The van der Waals surface area contributed by atoms with E-state index >= 15 is 0 Å². The second-order valence-corrected chi connectivity index (χ2v) is 10.4. The molecule has 0 bridgehead atoms. The Morgan fingerprint density at radius 2 is 1.93 bits per heavy atom. The summed E-state index contributed by atoms with van der Waals surface area (Å²) in [5.41, 5.74) is 13.1. The minimum Gasteiger partial charge on any atom is -0.496 e. The molecule has 0 fully saturated rings. The van der Waals surface area contributed by atoms with Gasteiger partial charge in [-0.3, -0.25) is 14.6 Å². The monoisotopic (exact) mass is 570 g/mol. The van der Waals surface area contributed by atoms with E-state index in [9.17, 15) is 14.7 Å². The Labute approximate surface area is 243 Å². The van der Waals surface area contributed by atoms with E-state index in [1.54, 1.807) is 37.7 Å². The minimum atomic E-state index is -0.561. The van der Waals surface area contributed by atoms with Gasteiger partial charge in [-0.2, -0.15) is 9.61 Å². The van der Waals surface area contributed by atoms with Crippen molar-refractivity contribution in [2.75, 3.05) is 26.6 Å². The topological polar surface area (TPSA) is 145 Å². The fourth-order valence-corrected chi connectivity index (χ4v) is 5.53. The Hall–Kier alpha value is -4.61. The van der Waals surface area contributed by atoms with Crippen molar-refractivity contribution in [2.45, 2.75) is 45.8 Å². The average Bonchev–Trinajstić information content (AvgIpc) is 3.59. The number of ether oxygens (including phenoxy) is 2. The van der Waals surface area contributed by atoms with Gasteiger partial charge in [0.05, 0.1) is 36.9 Å². The maximum atomic E-state index is 12.7. The number of carbonyl (C=O) groups is 2. The Morgan fingerprint density at radius 1 is 1.14 bits per heavy atom. The van der Waals surface area contributed by atoms with Crippen LogP contribution in [0.25, 0.3) is 28.0 Å². The van der Waals surface area contributed by atoms with Crippen molar-refractivity contribution in [2.24, 2.45) is 0 Å². The number of amides is 1. The van der Waals surface area contributed by atoms with Crippen molar-refractivity contribution in [3.8, 4) is 28.1 Å². The molecule has 0 saturated carbocycles. The van der Waals surface area contributed by atoms with E-state index in [0.29, 0.717) is 42.8 Å². The maximum absolute atomic E-state index is 12.7. The van der Waals surface area contributed by atoms with Crippen LogP contribution in [0.4, 0.5) is 5.82 Å². The molecule has 3 N–H and O–H groups in total. The standard InChI is InChI=1S/C31H34N6O5/c1-18-11-23(36(15-18)28(40)16-38)7-9-26-29(19(2)39)30(32)37-31(35-26)24(14-34-37)21-5-8-25(33-13-21)20-6-10-27(42-4)22(12-20)17-41-3/h5-6,8,10,12-15,23,38H,7,9,11,16-17,32H2,1-4H3. The number of hydrogen-bond acceptors (Lipinski definition) is 9. The Kier molecular flexibility index (Phi) is 8.32. The number of methoxy groups -OCH3 is 2. The van der Waals surface area contributed by atoms with Crippen LogP contribution in [0.2, 0.25) is 0 Å². The molecule has 1 amide bonds. The highest BCUT2D eigenvalue weighted by atomic mass is 16.5. The summed E-state index contributed by atoms with van der Waals surface area (Å²) in [4.78, 5) is 36.0. The van der Waals surface area contributed by atoms with Gasteiger partial charge in [0.25, 0.3) is 5.91 Å². The minimum absolute atomic E-state index is 0.132. The van der Waals surface area contributed by atoms with E-state index in [1.165, 1.54) is 11.4 Å². The summed E-state index contributed by atoms with van der Waals surface area (Å²) >= 11 is 0. The number of anilines is 1. The first-order valence-electron chi connectivity index (χ1n) is 13.6. The highest BCUT2D eigenvalue weighted by Gasteiger charge is 2.28. The van der Waals surface area contributed by atoms with Gasteiger partial charge in [-0.25, -0.2) is 4.98 Å². The number of nitrogens with two attached hydrogens (primary N) is 1. The van der Waals surface area contributed by atoms with Crippen molar-refractivity contribution in [1.29, 1.82) is 0 Å². The van der Waals surface area contributed by atoms with E-state index in [1.807, 2.05) is 37.3 Å². The molecule has 1 unspecified atom stereocenters. The van der Waals surface area contributed by atoms with Gasteiger partial charge in [-0.15, -0.1) is 0 Å². The highest BCUT2D eigenvalue weighted by Crippen LogP contribution is 2.32. The second-order valence-electron chi connectivity index (χ2n) is 10.4. The third-order valence-corrected chi connectivity index (χ3v) is 7.51. The molecule has 5 rings (SSSR count). The lowest BCUT2D eigenvalue weighted by Gasteiger charge is -2.23. The van der Waals surface area contributed by atoms with Gasteiger partial charge < -0.3 is 25.2 Å². The molecular formula is C31H34N6O5. The van der Waals surface area contributed by atoms with Crippen molar-refractivity contribution < 1.29 is 24.2 Å². The number of nitrogens with zero attached hydrogens (tertiary/aromatic N) is 5. The molecule has 1 atom stereocenters. The molecular weight excluding hydrogens is 536 g/mol. The van der Waals surface area contributed by atoms with Gasteiger partial charge in [0.15, 0.2) is 11.4 Å². The van der Waals surface area contributed by atoms with Crippen molar-refractivity contribution in [3.05, 3.63) is 71.3 Å². The number of benzene rings is 1. The van der Waals surface area contributed by atoms with Crippen LogP contribution in [0.1, 0.15) is 48.3 Å². The summed E-state index contributed by atoms with van der Waals surface area (Å²) in [5.74, 6) is 0.396. The van der Waals surface area contributed by atoms with Gasteiger partial charge in [-0.1, -0.05) is 11.6 Å². The first kappa shape index (κ1) is 28.9. The molecule has 1 aliphatic heterocycles. The first-order valence-corrected chi connectivity index (χ1v) is 13.6. The lowest BCUT2D eigenvalue weighted by Crippen LogP contribution is -2.35. The van der Waals surface area contributed by atoms with Gasteiger partial charge in [-0.05, 0) is 57.4 Å². The lowest BCUT2D eigenvalue weighted by molar-refractivity contribution is -0.133. The normalized spacial score (nSPS) is 14.8. The summed E-state index contributed by atoms with van der Waals surface area (Å²) < 4.78 is 12.2. The van der Waals surface area contributed by atoms with Crippen LogP contribution >= 0.6 is 0 Å². The molecule has 42 heavy (non-hydrogen) atoms. The molecule has 4 aromatic rings. The van der Waals surface area contributed by atoms with E-state index in [2.05, 4.69) is 5.10 Å². The predicted octanol–water partition coefficient (Wildman–Crippen LogP) is 3.83. The molecule has 0 radical (unpaired) electrons. The number of aliphatic hydroxyl groups is 1. The van der Waals surface area contributed by atoms with Crippen molar-refractivity contribution in [3.63, 3.8) is 0 Å². The first-order chi connectivity index (χ1) is 20.2. The molecule has 11 heteroatoms. The van der Waals surface area contributed by atoms with Crippen LogP contribution in [0, 0.1) is 0 Å². The maximum Gasteiger partial charge on any atom is 0.252 e. The van der Waals surface area contributed by atoms with E-state index in [0.717, 1.165) is 39.3 Å². The van der Waals surface area contributed by atoms with Gasteiger partial charge in [0, 0.05) is 47.8 Å². The number of aliphatic hydroxyl groups excluding tert-OH is 1. The summed E-state index contributed by atoms with van der Waals surface area (Å²) in [6, 6.07) is 9.58. The summed E-state index contributed by atoms with van der Waals surface area (Å²) in [7, 11) is 3.27. The zero-order chi connectivity index (χ0) is 30.0. The number of rotatable bonds is 10. The van der Waals surface area contributed by atoms with Crippen LogP contribution in [-0.2, 0) is 22.6 Å².